The van der Waals surface area contributed by atoms with E-state index in [1.165, 1.54) is 0 Å². The number of unbranched alkanes of at least 4 members (excludes halogenated alkanes) is 1. The Balaban J connectivity index is 0. The molecule has 4 nitrogen and oxygen atoms in total. The molecule has 0 fully saturated rings. The number of hydrogen-bond donors (Lipinski definition) is 0. The van der Waals surface area contributed by atoms with Crippen LogP contribution in [-0.4, -0.2) is 19.6 Å². The minimum atomic E-state index is -4.51. The molecule has 0 saturated carbocycles. The molecule has 0 bridgehead atoms. The van der Waals surface area contributed by atoms with Gasteiger partial charge in [0.1, 0.15) is 0 Å². The average Bonchev–Trinajstić information content (AvgIpc) is 2.14. The Morgan fingerprint density at radius 1 is 1.19 bits per heavy atom. The van der Waals surface area contributed by atoms with E-state index in [4.69, 9.17) is 0 Å². The van der Waals surface area contributed by atoms with Crippen LogP contribution in [0.2, 0.25) is 0 Å². The zero-order chi connectivity index (χ0) is 11.6. The minimum absolute atomic E-state index is 0. The molecule has 16 heavy (non-hydrogen) atoms. The summed E-state index contributed by atoms with van der Waals surface area (Å²) in [5.74, 6) is 0. The van der Waals surface area contributed by atoms with E-state index in [9.17, 15) is 13.0 Å². The van der Waals surface area contributed by atoms with Crippen LogP contribution >= 0.6 is 0 Å². The second-order valence-corrected chi connectivity index (χ2v) is 4.01. The molecule has 0 aliphatic rings. The third-order valence-corrected chi connectivity index (χ3v) is 2.04. The monoisotopic (exact) mass is 256 g/mol. The largest absolute Gasteiger partial charge is 1.00 e. The van der Waals surface area contributed by atoms with Crippen molar-refractivity contribution in [3.63, 3.8) is 0 Å². The van der Waals surface area contributed by atoms with Gasteiger partial charge in [0, 0.05) is 0 Å². The Labute approximate surface area is 120 Å². The molecule has 0 amide bonds. The molecule has 0 rings (SSSR count). The maximum Gasteiger partial charge on any atom is 1.00 e. The maximum absolute atomic E-state index is 10.0. The van der Waals surface area contributed by atoms with Gasteiger partial charge in [-0.2, -0.15) is 0 Å². The first-order valence-corrected chi connectivity index (χ1v) is 6.30. The van der Waals surface area contributed by atoms with Crippen molar-refractivity contribution in [1.29, 1.82) is 0 Å². The first kappa shape index (κ1) is 18.7. The first-order valence-electron chi connectivity index (χ1n) is 4.96. The van der Waals surface area contributed by atoms with Gasteiger partial charge < -0.3 is 4.55 Å². The Kier molecular flexibility index (Phi) is 13.8. The van der Waals surface area contributed by atoms with Crippen LogP contribution in [0.25, 0.3) is 0 Å². The molecule has 0 heterocycles. The van der Waals surface area contributed by atoms with Crippen molar-refractivity contribution in [1.82, 2.24) is 0 Å². The fraction of sp³-hybridized carbons (Fsp3) is 0.600. The molecule has 0 aromatic heterocycles. The predicted molar refractivity (Wildman–Crippen MR) is 58.1 cm³/mol. The maximum atomic E-state index is 10.0. The smallest absolute Gasteiger partial charge is 0.726 e. The molecular formula is C10H17NaO4S. The number of rotatable bonds is 8. The Bertz CT molecular complexity index is 296. The van der Waals surface area contributed by atoms with Gasteiger partial charge in [-0.15, -0.1) is 0 Å². The van der Waals surface area contributed by atoms with E-state index in [1.807, 2.05) is 12.2 Å². The van der Waals surface area contributed by atoms with Gasteiger partial charge in [0.05, 0.1) is 6.61 Å². The Morgan fingerprint density at radius 3 is 2.38 bits per heavy atom. The van der Waals surface area contributed by atoms with E-state index in [0.29, 0.717) is 6.42 Å². The first-order chi connectivity index (χ1) is 7.06. The van der Waals surface area contributed by atoms with Crippen LogP contribution in [0.4, 0.5) is 0 Å². The van der Waals surface area contributed by atoms with Crippen LogP contribution in [0.15, 0.2) is 24.3 Å². The van der Waals surface area contributed by atoms with Gasteiger partial charge in [0.2, 0.25) is 10.4 Å². The van der Waals surface area contributed by atoms with E-state index in [2.05, 4.69) is 23.3 Å². The van der Waals surface area contributed by atoms with E-state index in [0.717, 1.165) is 19.3 Å². The summed E-state index contributed by atoms with van der Waals surface area (Å²) in [7, 11) is -4.51. The van der Waals surface area contributed by atoms with Gasteiger partial charge in [-0.3, -0.25) is 4.18 Å². The van der Waals surface area contributed by atoms with Crippen LogP contribution in [0.1, 0.15) is 32.6 Å². The number of hydrogen-bond acceptors (Lipinski definition) is 4. The van der Waals surface area contributed by atoms with Gasteiger partial charge >= 0.3 is 29.6 Å². The second-order valence-electron chi connectivity index (χ2n) is 2.96. The van der Waals surface area contributed by atoms with Gasteiger partial charge in [-0.1, -0.05) is 31.2 Å². The third-order valence-electron chi connectivity index (χ3n) is 1.58. The molecule has 0 aromatic rings. The molecule has 0 unspecified atom stereocenters. The van der Waals surface area contributed by atoms with Gasteiger partial charge in [-0.25, -0.2) is 8.42 Å². The molecule has 0 aliphatic carbocycles. The fourth-order valence-corrected chi connectivity index (χ4v) is 1.24. The van der Waals surface area contributed by atoms with Crippen LogP contribution in [-0.2, 0) is 14.6 Å². The summed E-state index contributed by atoms with van der Waals surface area (Å²) in [6.45, 7) is 2.03. The van der Waals surface area contributed by atoms with E-state index in [-0.39, 0.29) is 36.2 Å². The van der Waals surface area contributed by atoms with E-state index >= 15 is 0 Å². The SMILES string of the molecule is CC/C=C\C/C=C\CCCOS(=O)(=O)[O-].[Na+]. The van der Waals surface area contributed by atoms with Crippen molar-refractivity contribution in [2.45, 2.75) is 32.6 Å². The predicted octanol–water partition coefficient (Wildman–Crippen LogP) is -0.840. The summed E-state index contributed by atoms with van der Waals surface area (Å²) in [5.41, 5.74) is 0. The van der Waals surface area contributed by atoms with Crippen molar-refractivity contribution in [2.75, 3.05) is 6.61 Å². The molecule has 0 atom stereocenters. The molecule has 0 aromatic carbocycles. The van der Waals surface area contributed by atoms with Crippen molar-refractivity contribution < 1.29 is 46.7 Å². The van der Waals surface area contributed by atoms with Crippen molar-refractivity contribution in [3.05, 3.63) is 24.3 Å². The quantitative estimate of drug-likeness (QED) is 0.187. The molecule has 88 valence electrons. The fourth-order valence-electron chi connectivity index (χ4n) is 0.918. The molecule has 6 heteroatoms. The average molecular weight is 256 g/mol. The normalized spacial score (nSPS) is 12.1. The summed E-state index contributed by atoms with van der Waals surface area (Å²) in [4.78, 5) is 0. The van der Waals surface area contributed by atoms with Gasteiger partial charge in [0.15, 0.2) is 0 Å². The van der Waals surface area contributed by atoms with Gasteiger partial charge in [-0.05, 0) is 25.7 Å². The Hall–Kier alpha value is 0.350. The Morgan fingerprint density at radius 2 is 1.81 bits per heavy atom. The van der Waals surface area contributed by atoms with Crippen LogP contribution < -0.4 is 29.6 Å². The van der Waals surface area contributed by atoms with Crippen molar-refractivity contribution >= 4 is 10.4 Å². The van der Waals surface area contributed by atoms with E-state index < -0.39 is 10.4 Å². The number of allylic oxidation sites excluding steroid dienone is 4. The second kappa shape index (κ2) is 11.8. The van der Waals surface area contributed by atoms with E-state index in [1.54, 1.807) is 0 Å². The van der Waals surface area contributed by atoms with Gasteiger partial charge in [0.25, 0.3) is 0 Å². The summed E-state index contributed by atoms with van der Waals surface area (Å²) in [5, 5.41) is 0. The zero-order valence-corrected chi connectivity index (χ0v) is 12.7. The van der Waals surface area contributed by atoms with Crippen LogP contribution in [0, 0.1) is 0 Å². The van der Waals surface area contributed by atoms with Crippen LogP contribution in [0.3, 0.4) is 0 Å². The molecule has 0 N–H and O–H groups in total. The molecular weight excluding hydrogens is 239 g/mol. The van der Waals surface area contributed by atoms with Crippen molar-refractivity contribution in [2.24, 2.45) is 0 Å². The summed E-state index contributed by atoms with van der Waals surface area (Å²) < 4.78 is 34.1. The molecule has 0 saturated heterocycles. The summed E-state index contributed by atoms with van der Waals surface area (Å²) in [6, 6.07) is 0. The molecule has 0 radical (unpaired) electrons. The zero-order valence-electron chi connectivity index (χ0n) is 9.89. The third kappa shape index (κ3) is 16.8. The summed E-state index contributed by atoms with van der Waals surface area (Å²) in [6.07, 6.45) is 11.3. The molecule has 0 spiro atoms. The topological polar surface area (TPSA) is 66.4 Å². The van der Waals surface area contributed by atoms with Crippen molar-refractivity contribution in [3.8, 4) is 0 Å². The molecule has 0 aliphatic heterocycles. The summed E-state index contributed by atoms with van der Waals surface area (Å²) >= 11 is 0. The van der Waals surface area contributed by atoms with Crippen LogP contribution in [0.5, 0.6) is 0 Å². The minimum Gasteiger partial charge on any atom is -0.726 e. The standard InChI is InChI=1S/C10H18O4S.Na/c1-2-3-4-5-6-7-8-9-10-14-15(11,12)13;/h3-4,6-7H,2,5,8-10H2,1H3,(H,11,12,13);/q;+1/p-1/b4-3-,7-6-;.